The Morgan fingerprint density at radius 1 is 1.26 bits per heavy atom. The lowest BCUT2D eigenvalue weighted by Gasteiger charge is -2.23. The Bertz CT molecular complexity index is 1590. The molecule has 3 aromatic heterocycles. The van der Waals surface area contributed by atoms with E-state index in [0.29, 0.717) is 28.7 Å². The highest BCUT2D eigenvalue weighted by molar-refractivity contribution is 7.17. The molecule has 194 valence electrons. The van der Waals surface area contributed by atoms with Crippen molar-refractivity contribution in [2.24, 2.45) is 5.41 Å². The largest absolute Gasteiger partial charge is 0.383 e. The van der Waals surface area contributed by atoms with Crippen LogP contribution in [-0.2, 0) is 0 Å². The molecular formula is C28H29ClN8S. The summed E-state index contributed by atoms with van der Waals surface area (Å²) in [4.78, 5) is 8.81. The third-order valence-corrected chi connectivity index (χ3v) is 7.97. The van der Waals surface area contributed by atoms with Gasteiger partial charge in [0.05, 0.1) is 38.2 Å². The molecule has 8 nitrogen and oxygen atoms in total. The van der Waals surface area contributed by atoms with Crippen molar-refractivity contribution in [1.82, 2.24) is 25.9 Å². The van der Waals surface area contributed by atoms with Crippen molar-refractivity contribution >= 4 is 55.3 Å². The number of halogens is 1. The van der Waals surface area contributed by atoms with E-state index in [-0.39, 0.29) is 11.5 Å². The number of thiophene rings is 1. The number of rotatable bonds is 7. The number of fused-ring (bicyclic) bond motifs is 2. The van der Waals surface area contributed by atoms with E-state index in [1.54, 1.807) is 17.5 Å². The van der Waals surface area contributed by atoms with Crippen LogP contribution in [0.5, 0.6) is 0 Å². The molecule has 4 N–H and O–H groups in total. The van der Waals surface area contributed by atoms with Crippen LogP contribution < -0.4 is 21.6 Å². The summed E-state index contributed by atoms with van der Waals surface area (Å²) in [6.45, 7) is 7.17. The maximum Gasteiger partial charge on any atom is 0.103 e. The second kappa shape index (κ2) is 9.62. The number of nitrogens with zero attached hydrogens (tertiary/aromatic N) is 4. The molecule has 4 heterocycles. The highest BCUT2D eigenvalue weighted by atomic mass is 35.5. The first kappa shape index (κ1) is 24.7. The average molecular weight is 545 g/mol. The van der Waals surface area contributed by atoms with Crippen LogP contribution in [0.4, 0.5) is 11.4 Å². The fourth-order valence-corrected chi connectivity index (χ4v) is 5.85. The van der Waals surface area contributed by atoms with Gasteiger partial charge in [0, 0.05) is 53.8 Å². The summed E-state index contributed by atoms with van der Waals surface area (Å²) in [6.07, 6.45) is 9.84. The number of benzene rings is 1. The zero-order valence-electron chi connectivity index (χ0n) is 21.5. The van der Waals surface area contributed by atoms with E-state index in [1.165, 1.54) is 12.8 Å². The normalized spacial score (nSPS) is 16.3. The zero-order chi connectivity index (χ0) is 26.4. The highest BCUT2D eigenvalue weighted by Gasteiger charge is 2.33. The summed E-state index contributed by atoms with van der Waals surface area (Å²) in [5, 5.41) is 23.9. The minimum absolute atomic E-state index is 0.0307. The van der Waals surface area contributed by atoms with Gasteiger partial charge in [-0.15, -0.1) is 16.9 Å². The summed E-state index contributed by atoms with van der Waals surface area (Å²) >= 11 is 8.47. The molecule has 2 aliphatic rings. The van der Waals surface area contributed by atoms with E-state index in [2.05, 4.69) is 81.1 Å². The summed E-state index contributed by atoms with van der Waals surface area (Å²) in [7, 11) is 0. The maximum absolute atomic E-state index is 9.83. The number of anilines is 2. The molecule has 0 spiro atoms. The Balaban J connectivity index is 1.44. The SMILES string of the molecule is CC(C)(C)CNc1c(C#N)cnc2c(Cl)cc(N[C@H](C3=CN(C4CC4)NN3)c3csc4cnccc34)cc12. The van der Waals surface area contributed by atoms with Crippen molar-refractivity contribution in [2.75, 3.05) is 17.2 Å². The average Bonchev–Trinajstić information content (AvgIpc) is 3.47. The minimum atomic E-state index is -0.172. The number of hydrogen-bond donors (Lipinski definition) is 4. The van der Waals surface area contributed by atoms with Crippen molar-refractivity contribution < 1.29 is 0 Å². The molecule has 0 radical (unpaired) electrons. The van der Waals surface area contributed by atoms with E-state index in [9.17, 15) is 5.26 Å². The predicted octanol–water partition coefficient (Wildman–Crippen LogP) is 6.31. The molecular weight excluding hydrogens is 516 g/mol. The van der Waals surface area contributed by atoms with Gasteiger partial charge < -0.3 is 16.1 Å². The number of hydrogen-bond acceptors (Lipinski definition) is 9. The predicted molar refractivity (Wildman–Crippen MR) is 155 cm³/mol. The molecule has 1 atom stereocenters. The number of pyridine rings is 2. The molecule has 10 heteroatoms. The summed E-state index contributed by atoms with van der Waals surface area (Å²) in [6, 6.07) is 8.63. The van der Waals surface area contributed by atoms with Crippen LogP contribution in [-0.4, -0.2) is 27.6 Å². The molecule has 0 amide bonds. The monoisotopic (exact) mass is 544 g/mol. The van der Waals surface area contributed by atoms with Gasteiger partial charge in [-0.2, -0.15) is 5.26 Å². The topological polar surface area (TPSA) is 101 Å². The van der Waals surface area contributed by atoms with Gasteiger partial charge in [-0.25, -0.2) is 0 Å². The van der Waals surface area contributed by atoms with Crippen molar-refractivity contribution in [3.8, 4) is 6.07 Å². The van der Waals surface area contributed by atoms with Crippen LogP contribution in [0.3, 0.4) is 0 Å². The first-order chi connectivity index (χ1) is 18.3. The van der Waals surface area contributed by atoms with Gasteiger partial charge in [0.25, 0.3) is 0 Å². The molecule has 4 aromatic rings. The smallest absolute Gasteiger partial charge is 0.103 e. The third-order valence-electron chi connectivity index (χ3n) is 6.73. The maximum atomic E-state index is 9.83. The second-order valence-electron chi connectivity index (χ2n) is 11.0. The van der Waals surface area contributed by atoms with Gasteiger partial charge in [0.15, 0.2) is 0 Å². The van der Waals surface area contributed by atoms with Crippen LogP contribution in [0, 0.1) is 16.7 Å². The van der Waals surface area contributed by atoms with Crippen molar-refractivity contribution in [1.29, 1.82) is 5.26 Å². The van der Waals surface area contributed by atoms with E-state index < -0.39 is 0 Å². The lowest BCUT2D eigenvalue weighted by molar-refractivity contribution is 0.260. The first-order valence-electron chi connectivity index (χ1n) is 12.7. The van der Waals surface area contributed by atoms with E-state index >= 15 is 0 Å². The van der Waals surface area contributed by atoms with Crippen LogP contribution in [0.25, 0.3) is 21.0 Å². The summed E-state index contributed by atoms with van der Waals surface area (Å²) in [5.74, 6) is 0. The standard InChI is InChI=1S/C28H29ClN8S/c1-28(2,3)15-33-25-16(10-30)11-32-26-20(25)8-17(9-22(26)29)34-27(23-13-37(36-35-23)18-4-5-18)21-14-38-24-12-31-7-6-19(21)24/h6-9,11-14,18,27,34-36H,4-5,15H2,1-3H3,(H,32,33)/t27-/m0/s1. The molecule has 1 aromatic carbocycles. The fraction of sp³-hybridized carbons (Fsp3) is 0.321. The zero-order valence-corrected chi connectivity index (χ0v) is 23.0. The number of nitriles is 1. The Labute approximate surface area is 230 Å². The number of hydrazine groups is 2. The summed E-state index contributed by atoms with van der Waals surface area (Å²) < 4.78 is 1.13. The molecule has 0 saturated heterocycles. The Hall–Kier alpha value is -3.58. The van der Waals surface area contributed by atoms with E-state index in [1.807, 2.05) is 24.5 Å². The van der Waals surface area contributed by atoms with Crippen LogP contribution in [0.15, 0.2) is 54.1 Å². The quantitative estimate of drug-likeness (QED) is 0.215. The van der Waals surface area contributed by atoms with Crippen LogP contribution >= 0.6 is 22.9 Å². The first-order valence-corrected chi connectivity index (χ1v) is 13.9. The van der Waals surface area contributed by atoms with Gasteiger partial charge in [0.2, 0.25) is 0 Å². The van der Waals surface area contributed by atoms with Gasteiger partial charge in [-0.05, 0) is 47.4 Å². The van der Waals surface area contributed by atoms with Gasteiger partial charge in [-0.1, -0.05) is 32.4 Å². The van der Waals surface area contributed by atoms with E-state index in [4.69, 9.17) is 11.6 Å². The third kappa shape index (κ3) is 4.83. The Kier molecular flexibility index (Phi) is 6.26. The van der Waals surface area contributed by atoms with E-state index in [0.717, 1.165) is 38.1 Å². The van der Waals surface area contributed by atoms with Gasteiger partial charge in [0.1, 0.15) is 6.07 Å². The van der Waals surface area contributed by atoms with Gasteiger partial charge in [-0.3, -0.25) is 15.0 Å². The van der Waals surface area contributed by atoms with Gasteiger partial charge >= 0.3 is 0 Å². The molecule has 1 aliphatic heterocycles. The molecule has 0 unspecified atom stereocenters. The van der Waals surface area contributed by atoms with Crippen LogP contribution in [0.2, 0.25) is 5.02 Å². The van der Waals surface area contributed by atoms with Crippen LogP contribution in [0.1, 0.15) is 50.8 Å². The Morgan fingerprint density at radius 2 is 2.11 bits per heavy atom. The molecule has 1 fully saturated rings. The highest BCUT2D eigenvalue weighted by Crippen LogP contribution is 2.39. The Morgan fingerprint density at radius 3 is 2.87 bits per heavy atom. The fourth-order valence-electron chi connectivity index (χ4n) is 4.63. The molecule has 1 aliphatic carbocycles. The van der Waals surface area contributed by atoms with Crippen molar-refractivity contribution in [2.45, 2.75) is 45.7 Å². The molecule has 6 rings (SSSR count). The minimum Gasteiger partial charge on any atom is -0.383 e. The lowest BCUT2D eigenvalue weighted by atomic mass is 9.96. The number of nitrogens with one attached hydrogen (secondary N) is 4. The van der Waals surface area contributed by atoms with Crippen molar-refractivity contribution in [3.63, 3.8) is 0 Å². The molecule has 38 heavy (non-hydrogen) atoms. The summed E-state index contributed by atoms with van der Waals surface area (Å²) in [5.41, 5.74) is 11.6. The second-order valence-corrected chi connectivity index (χ2v) is 12.3. The molecule has 0 bridgehead atoms. The van der Waals surface area contributed by atoms with Crippen molar-refractivity contribution in [3.05, 3.63) is 70.2 Å². The number of aromatic nitrogens is 2. The lowest BCUT2D eigenvalue weighted by Crippen LogP contribution is -2.38. The molecule has 1 saturated carbocycles.